The minimum absolute atomic E-state index is 0.228. The average Bonchev–Trinajstić information content (AvgIpc) is 3.08. The molecule has 2 aromatic heterocycles. The molecule has 0 fully saturated rings. The van der Waals surface area contributed by atoms with Crippen LogP contribution in [-0.2, 0) is 12.8 Å². The monoisotopic (exact) mass is 317 g/mol. The van der Waals surface area contributed by atoms with Crippen LogP contribution in [0.5, 0.6) is 0 Å². The lowest BCUT2D eigenvalue weighted by Crippen LogP contribution is -2.15. The quantitative estimate of drug-likeness (QED) is 0.486. The van der Waals surface area contributed by atoms with E-state index in [0.29, 0.717) is 22.6 Å². The molecule has 2 aromatic carbocycles. The van der Waals surface area contributed by atoms with Gasteiger partial charge in [-0.3, -0.25) is 0 Å². The Balaban J connectivity index is 1.83. The number of aromatic nitrogens is 1. The third-order valence-electron chi connectivity index (χ3n) is 4.77. The molecular formula is C20H15NO3. The summed E-state index contributed by atoms with van der Waals surface area (Å²) in [6, 6.07) is 13.6. The fourth-order valence-corrected chi connectivity index (χ4v) is 3.60. The van der Waals surface area contributed by atoms with Crippen LogP contribution >= 0.6 is 0 Å². The standard InChI is InChI=1S/C20H15NO3/c22-20-15-9-5-4-8-13(15)14-10-11-16-17(18(14)24-20)21-19(23-16)12-6-2-1-3-7-12/h1-3,6-7,10-11H,4-5,8-9H2. The van der Waals surface area contributed by atoms with Crippen molar-refractivity contribution in [2.45, 2.75) is 25.7 Å². The van der Waals surface area contributed by atoms with Crippen molar-refractivity contribution in [3.63, 3.8) is 0 Å². The summed E-state index contributed by atoms with van der Waals surface area (Å²) in [5.41, 5.74) is 4.44. The van der Waals surface area contributed by atoms with Gasteiger partial charge < -0.3 is 8.83 Å². The Bertz CT molecular complexity index is 1120. The summed E-state index contributed by atoms with van der Waals surface area (Å²) < 4.78 is 11.5. The molecule has 0 atom stereocenters. The second-order valence-corrected chi connectivity index (χ2v) is 6.23. The normalized spacial score (nSPS) is 14.2. The molecule has 0 bridgehead atoms. The van der Waals surface area contributed by atoms with Crippen molar-refractivity contribution in [1.82, 2.24) is 4.98 Å². The van der Waals surface area contributed by atoms with E-state index in [1.54, 1.807) is 0 Å². The first-order valence-corrected chi connectivity index (χ1v) is 8.25. The lowest BCUT2D eigenvalue weighted by atomic mass is 9.90. The number of benzene rings is 2. The Morgan fingerprint density at radius 2 is 1.67 bits per heavy atom. The zero-order valence-electron chi connectivity index (χ0n) is 13.0. The minimum atomic E-state index is -0.228. The molecule has 2 heterocycles. The maximum absolute atomic E-state index is 12.4. The SMILES string of the molecule is O=c1oc2c(ccc3oc(-c4ccccc4)nc32)c2c1CCCC2. The lowest BCUT2D eigenvalue weighted by Gasteiger charge is -2.15. The second kappa shape index (κ2) is 5.06. The molecule has 0 saturated heterocycles. The van der Waals surface area contributed by atoms with Gasteiger partial charge in [-0.25, -0.2) is 9.78 Å². The molecular weight excluding hydrogens is 302 g/mol. The Hall–Kier alpha value is -2.88. The molecule has 118 valence electrons. The highest BCUT2D eigenvalue weighted by molar-refractivity contribution is 6.01. The molecule has 4 heteroatoms. The van der Waals surface area contributed by atoms with Gasteiger partial charge in [0, 0.05) is 16.5 Å². The van der Waals surface area contributed by atoms with E-state index in [1.165, 1.54) is 0 Å². The Morgan fingerprint density at radius 3 is 2.50 bits per heavy atom. The zero-order chi connectivity index (χ0) is 16.1. The number of fused-ring (bicyclic) bond motifs is 5. The number of aryl methyl sites for hydroxylation is 1. The van der Waals surface area contributed by atoms with Gasteiger partial charge in [-0.15, -0.1) is 0 Å². The molecule has 0 amide bonds. The topological polar surface area (TPSA) is 56.2 Å². The predicted octanol–water partition coefficient (Wildman–Crippen LogP) is 4.48. The van der Waals surface area contributed by atoms with Gasteiger partial charge in [-0.2, -0.15) is 0 Å². The molecule has 0 N–H and O–H groups in total. The fourth-order valence-electron chi connectivity index (χ4n) is 3.60. The van der Waals surface area contributed by atoms with Gasteiger partial charge in [-0.1, -0.05) is 18.2 Å². The summed E-state index contributed by atoms with van der Waals surface area (Å²) in [5.74, 6) is 0.540. The van der Waals surface area contributed by atoms with Gasteiger partial charge in [0.05, 0.1) is 0 Å². The van der Waals surface area contributed by atoms with Crippen molar-refractivity contribution in [3.8, 4) is 11.5 Å². The van der Waals surface area contributed by atoms with Crippen LogP contribution in [0.3, 0.4) is 0 Å². The fraction of sp³-hybridized carbons (Fsp3) is 0.200. The van der Waals surface area contributed by atoms with Crippen LogP contribution in [0.4, 0.5) is 0 Å². The maximum atomic E-state index is 12.4. The van der Waals surface area contributed by atoms with Gasteiger partial charge in [0.2, 0.25) is 5.89 Å². The summed E-state index contributed by atoms with van der Waals surface area (Å²) in [7, 11) is 0. The van der Waals surface area contributed by atoms with Crippen molar-refractivity contribution in [1.29, 1.82) is 0 Å². The number of oxazole rings is 1. The lowest BCUT2D eigenvalue weighted by molar-refractivity contribution is 0.536. The van der Waals surface area contributed by atoms with Crippen LogP contribution < -0.4 is 5.63 Å². The van der Waals surface area contributed by atoms with Crippen LogP contribution in [0.15, 0.2) is 56.1 Å². The van der Waals surface area contributed by atoms with Gasteiger partial charge in [0.1, 0.15) is 0 Å². The zero-order valence-corrected chi connectivity index (χ0v) is 13.0. The van der Waals surface area contributed by atoms with Gasteiger partial charge >= 0.3 is 5.63 Å². The largest absolute Gasteiger partial charge is 0.436 e. The number of hydrogen-bond donors (Lipinski definition) is 0. The smallest absolute Gasteiger partial charge is 0.339 e. The molecule has 24 heavy (non-hydrogen) atoms. The van der Waals surface area contributed by atoms with Crippen LogP contribution in [0, 0.1) is 0 Å². The average molecular weight is 317 g/mol. The highest BCUT2D eigenvalue weighted by atomic mass is 16.4. The minimum Gasteiger partial charge on any atom is -0.436 e. The van der Waals surface area contributed by atoms with Crippen LogP contribution in [0.25, 0.3) is 33.5 Å². The Labute approximate surface area is 137 Å². The number of rotatable bonds is 1. The molecule has 1 aliphatic carbocycles. The van der Waals surface area contributed by atoms with E-state index in [4.69, 9.17) is 8.83 Å². The number of nitrogens with zero attached hydrogens (tertiary/aromatic N) is 1. The highest BCUT2D eigenvalue weighted by Crippen LogP contribution is 2.33. The first kappa shape index (κ1) is 13.5. The van der Waals surface area contributed by atoms with Gasteiger partial charge in [0.15, 0.2) is 16.7 Å². The van der Waals surface area contributed by atoms with Crippen molar-refractivity contribution >= 4 is 22.1 Å². The van der Waals surface area contributed by atoms with Gasteiger partial charge in [0.25, 0.3) is 0 Å². The maximum Gasteiger partial charge on any atom is 0.339 e. The van der Waals surface area contributed by atoms with Crippen molar-refractivity contribution < 1.29 is 8.83 Å². The predicted molar refractivity (Wildman–Crippen MR) is 92.1 cm³/mol. The third-order valence-corrected chi connectivity index (χ3v) is 4.77. The molecule has 1 aliphatic rings. The van der Waals surface area contributed by atoms with Crippen molar-refractivity contribution in [3.05, 3.63) is 64.0 Å². The van der Waals surface area contributed by atoms with E-state index in [0.717, 1.165) is 47.8 Å². The van der Waals surface area contributed by atoms with Crippen LogP contribution in [-0.4, -0.2) is 4.98 Å². The highest BCUT2D eigenvalue weighted by Gasteiger charge is 2.21. The first-order chi connectivity index (χ1) is 11.8. The Kier molecular flexibility index (Phi) is 2.86. The van der Waals surface area contributed by atoms with Crippen LogP contribution in [0.1, 0.15) is 24.0 Å². The summed E-state index contributed by atoms with van der Waals surface area (Å²) in [6.45, 7) is 0. The molecule has 0 unspecified atom stereocenters. The van der Waals surface area contributed by atoms with Crippen molar-refractivity contribution in [2.24, 2.45) is 0 Å². The van der Waals surface area contributed by atoms with E-state index >= 15 is 0 Å². The van der Waals surface area contributed by atoms with E-state index in [2.05, 4.69) is 4.98 Å². The van der Waals surface area contributed by atoms with Crippen molar-refractivity contribution in [2.75, 3.05) is 0 Å². The molecule has 0 saturated carbocycles. The molecule has 4 nitrogen and oxygen atoms in total. The van der Waals surface area contributed by atoms with Crippen LogP contribution in [0.2, 0.25) is 0 Å². The summed E-state index contributed by atoms with van der Waals surface area (Å²) >= 11 is 0. The van der Waals surface area contributed by atoms with E-state index in [1.807, 2.05) is 42.5 Å². The molecule has 0 spiro atoms. The van der Waals surface area contributed by atoms with E-state index < -0.39 is 0 Å². The van der Waals surface area contributed by atoms with Gasteiger partial charge in [-0.05, 0) is 55.5 Å². The number of hydrogen-bond acceptors (Lipinski definition) is 4. The van der Waals surface area contributed by atoms with E-state index in [9.17, 15) is 4.79 Å². The molecule has 0 aliphatic heterocycles. The molecule has 0 radical (unpaired) electrons. The Morgan fingerprint density at radius 1 is 0.875 bits per heavy atom. The summed E-state index contributed by atoms with van der Waals surface area (Å²) in [4.78, 5) is 17.0. The third kappa shape index (κ3) is 1.92. The molecule has 4 aromatic rings. The second-order valence-electron chi connectivity index (χ2n) is 6.23. The first-order valence-electron chi connectivity index (χ1n) is 8.25. The van der Waals surface area contributed by atoms with E-state index in [-0.39, 0.29) is 5.63 Å². The summed E-state index contributed by atoms with van der Waals surface area (Å²) in [6.07, 6.45) is 3.89. The molecule has 5 rings (SSSR count). The summed E-state index contributed by atoms with van der Waals surface area (Å²) in [5, 5.41) is 0.990.